The number of dihydropyridines is 1. The number of methoxy groups -OCH3 is 2. The highest BCUT2D eigenvalue weighted by molar-refractivity contribution is 7.80. The van der Waals surface area contributed by atoms with Crippen LogP contribution in [0.25, 0.3) is 0 Å². The average Bonchev–Trinajstić information content (AvgIpc) is 2.89. The smallest absolute Gasteiger partial charge is 0.261 e. The number of hydrogen-bond donors (Lipinski definition) is 3. The largest absolute Gasteiger partial charge is 0.497 e. The van der Waals surface area contributed by atoms with E-state index in [9.17, 15) is 14.0 Å². The Labute approximate surface area is 223 Å². The van der Waals surface area contributed by atoms with Crippen molar-refractivity contribution < 1.29 is 28.2 Å². The zero-order valence-corrected chi connectivity index (χ0v) is 21.4. The summed E-state index contributed by atoms with van der Waals surface area (Å²) in [5, 5.41) is 5.39. The molecule has 0 spiro atoms. The Bertz CT molecular complexity index is 1400. The lowest BCUT2D eigenvalue weighted by Gasteiger charge is -2.33. The number of nitrogens with one attached hydrogen (secondary N) is 2. The topological polar surface area (TPSA) is 124 Å². The standard InChI is InChI=1S/C27H25FN4O5S/c1-35-23-14-20-18(15-27(23,36-2)25(29)34)21(10-11-30-20)37-22-9-8-17(13-19(22)28)31-26(38)32-24(33)12-16-6-4-3-5-7-16/h3-10,13-15H,11-12H2,1-2H3,(H2,29,34)(H2,31,32,33,38). The van der Waals surface area contributed by atoms with Crippen LogP contribution in [0.1, 0.15) is 5.56 Å². The van der Waals surface area contributed by atoms with Gasteiger partial charge in [0.25, 0.3) is 5.91 Å². The van der Waals surface area contributed by atoms with Crippen LogP contribution in [0.3, 0.4) is 0 Å². The lowest BCUT2D eigenvalue weighted by Crippen LogP contribution is -2.48. The van der Waals surface area contributed by atoms with Crippen molar-refractivity contribution in [1.29, 1.82) is 0 Å². The average molecular weight is 537 g/mol. The molecule has 1 aliphatic heterocycles. The fourth-order valence-electron chi connectivity index (χ4n) is 3.98. The van der Waals surface area contributed by atoms with Gasteiger partial charge in [0.2, 0.25) is 11.5 Å². The number of primary amides is 1. The number of ether oxygens (including phenoxy) is 3. The van der Waals surface area contributed by atoms with E-state index in [0.29, 0.717) is 17.0 Å². The Morgan fingerprint density at radius 2 is 1.95 bits per heavy atom. The maximum absolute atomic E-state index is 15.0. The van der Waals surface area contributed by atoms with Crippen molar-refractivity contribution in [3.8, 4) is 5.75 Å². The van der Waals surface area contributed by atoms with Gasteiger partial charge in [-0.1, -0.05) is 30.3 Å². The lowest BCUT2D eigenvalue weighted by atomic mass is 9.87. The predicted molar refractivity (Wildman–Crippen MR) is 144 cm³/mol. The molecule has 1 heterocycles. The van der Waals surface area contributed by atoms with Gasteiger partial charge < -0.3 is 30.6 Å². The molecule has 9 nitrogen and oxygen atoms in total. The fourth-order valence-corrected chi connectivity index (χ4v) is 4.21. The van der Waals surface area contributed by atoms with Crippen molar-refractivity contribution in [2.75, 3.05) is 26.1 Å². The summed E-state index contributed by atoms with van der Waals surface area (Å²) < 4.78 is 31.6. The van der Waals surface area contributed by atoms with Gasteiger partial charge in [0.1, 0.15) is 11.5 Å². The van der Waals surface area contributed by atoms with Crippen molar-refractivity contribution in [3.05, 3.63) is 95.2 Å². The van der Waals surface area contributed by atoms with Gasteiger partial charge >= 0.3 is 0 Å². The summed E-state index contributed by atoms with van der Waals surface area (Å²) in [5.41, 5.74) is 5.98. The SMILES string of the molecule is COC1=CC2=NCC=C(Oc3ccc(NC(=S)NC(=O)Cc4ccccc4)cc3F)C2=CC1(OC)C(N)=O. The molecule has 2 aromatic rings. The number of carbonyl (C=O) groups is 2. The van der Waals surface area contributed by atoms with Crippen LogP contribution in [-0.2, 0) is 25.5 Å². The van der Waals surface area contributed by atoms with Gasteiger partial charge in [0.15, 0.2) is 16.7 Å². The molecule has 38 heavy (non-hydrogen) atoms. The number of thiocarbonyl (C=S) groups is 1. The maximum Gasteiger partial charge on any atom is 0.261 e. The summed E-state index contributed by atoms with van der Waals surface area (Å²) in [6.07, 6.45) is 4.78. The third kappa shape index (κ3) is 5.63. The molecular weight excluding hydrogens is 511 g/mol. The van der Waals surface area contributed by atoms with E-state index in [-0.39, 0.29) is 41.3 Å². The molecule has 2 aromatic carbocycles. The zero-order chi connectivity index (χ0) is 27.3. The number of nitrogens with two attached hydrogens (primary N) is 1. The van der Waals surface area contributed by atoms with Crippen LogP contribution in [-0.4, -0.2) is 49.0 Å². The van der Waals surface area contributed by atoms with Crippen LogP contribution >= 0.6 is 12.2 Å². The second-order valence-corrected chi connectivity index (χ2v) is 8.69. The Morgan fingerprint density at radius 3 is 2.61 bits per heavy atom. The number of amides is 2. The fraction of sp³-hybridized carbons (Fsp3) is 0.185. The van der Waals surface area contributed by atoms with Gasteiger partial charge in [0.05, 0.1) is 25.8 Å². The maximum atomic E-state index is 15.0. The van der Waals surface area contributed by atoms with E-state index in [2.05, 4.69) is 15.6 Å². The Kier molecular flexibility index (Phi) is 7.99. The van der Waals surface area contributed by atoms with E-state index in [1.807, 2.05) is 30.3 Å². The molecule has 1 atom stereocenters. The monoisotopic (exact) mass is 536 g/mol. The number of benzene rings is 2. The summed E-state index contributed by atoms with van der Waals surface area (Å²) in [6, 6.07) is 13.4. The molecule has 1 unspecified atom stereocenters. The first kappa shape index (κ1) is 26.7. The van der Waals surface area contributed by atoms with E-state index in [1.165, 1.54) is 38.5 Å². The number of carbonyl (C=O) groups excluding carboxylic acids is 2. The number of fused-ring (bicyclic) bond motifs is 1. The van der Waals surface area contributed by atoms with E-state index in [0.717, 1.165) is 5.56 Å². The lowest BCUT2D eigenvalue weighted by molar-refractivity contribution is -0.134. The minimum absolute atomic E-state index is 0.0327. The first-order valence-corrected chi connectivity index (χ1v) is 11.9. The van der Waals surface area contributed by atoms with E-state index < -0.39 is 17.3 Å². The van der Waals surface area contributed by atoms with E-state index in [4.69, 9.17) is 32.2 Å². The third-order valence-corrected chi connectivity index (χ3v) is 6.04. The van der Waals surface area contributed by atoms with E-state index >= 15 is 0 Å². The van der Waals surface area contributed by atoms with Crippen molar-refractivity contribution >= 4 is 40.5 Å². The molecule has 2 amide bonds. The van der Waals surface area contributed by atoms with Crippen molar-refractivity contribution in [1.82, 2.24) is 5.32 Å². The molecule has 0 saturated carbocycles. The van der Waals surface area contributed by atoms with Crippen LogP contribution in [0.15, 0.2) is 88.8 Å². The summed E-state index contributed by atoms with van der Waals surface area (Å²) in [5.74, 6) is -1.41. The molecule has 0 bridgehead atoms. The van der Waals surface area contributed by atoms with Gasteiger partial charge in [-0.05, 0) is 42.1 Å². The second kappa shape index (κ2) is 11.4. The molecule has 2 aliphatic rings. The predicted octanol–water partition coefficient (Wildman–Crippen LogP) is 2.94. The molecule has 0 radical (unpaired) electrons. The summed E-state index contributed by atoms with van der Waals surface area (Å²) in [7, 11) is 2.72. The first-order chi connectivity index (χ1) is 18.3. The molecule has 1 aliphatic carbocycles. The Hall–Kier alpha value is -4.35. The highest BCUT2D eigenvalue weighted by Gasteiger charge is 2.45. The number of nitrogens with zero attached hydrogens (tertiary/aromatic N) is 1. The number of hydrogen-bond acceptors (Lipinski definition) is 7. The number of rotatable bonds is 8. The molecule has 0 aromatic heterocycles. The number of aliphatic imine (C=N–C) groups is 1. The number of allylic oxidation sites excluding steroid dienone is 2. The number of anilines is 1. The molecule has 196 valence electrons. The summed E-state index contributed by atoms with van der Waals surface area (Å²) in [4.78, 5) is 28.9. The summed E-state index contributed by atoms with van der Waals surface area (Å²) >= 11 is 5.18. The minimum Gasteiger partial charge on any atom is -0.497 e. The van der Waals surface area contributed by atoms with Crippen LogP contribution < -0.4 is 21.1 Å². The molecule has 0 fully saturated rings. The van der Waals surface area contributed by atoms with Gasteiger partial charge in [0, 0.05) is 30.5 Å². The highest BCUT2D eigenvalue weighted by atomic mass is 32.1. The Morgan fingerprint density at radius 1 is 1.18 bits per heavy atom. The van der Waals surface area contributed by atoms with Gasteiger partial charge in [-0.2, -0.15) is 0 Å². The first-order valence-electron chi connectivity index (χ1n) is 11.5. The molecular formula is C27H25FN4O5S. The van der Waals surface area contributed by atoms with Crippen LogP contribution in [0, 0.1) is 5.82 Å². The normalized spacial score (nSPS) is 18.1. The van der Waals surface area contributed by atoms with Gasteiger partial charge in [-0.3, -0.25) is 14.6 Å². The van der Waals surface area contributed by atoms with Crippen molar-refractivity contribution in [2.24, 2.45) is 10.7 Å². The molecule has 11 heteroatoms. The minimum atomic E-state index is -1.67. The van der Waals surface area contributed by atoms with Crippen LogP contribution in [0.5, 0.6) is 5.75 Å². The highest BCUT2D eigenvalue weighted by Crippen LogP contribution is 2.35. The second-order valence-electron chi connectivity index (χ2n) is 8.28. The summed E-state index contributed by atoms with van der Waals surface area (Å²) in [6.45, 7) is 0.268. The molecule has 4 rings (SSSR count). The van der Waals surface area contributed by atoms with Gasteiger partial charge in [-0.25, -0.2) is 4.39 Å². The Balaban J connectivity index is 1.45. The van der Waals surface area contributed by atoms with Crippen molar-refractivity contribution in [2.45, 2.75) is 12.0 Å². The zero-order valence-electron chi connectivity index (χ0n) is 20.6. The number of halogens is 1. The molecule has 4 N–H and O–H groups in total. The van der Waals surface area contributed by atoms with E-state index in [1.54, 1.807) is 12.1 Å². The quantitative estimate of drug-likeness (QED) is 0.443. The third-order valence-electron chi connectivity index (χ3n) is 5.84. The van der Waals surface area contributed by atoms with Crippen LogP contribution in [0.4, 0.5) is 10.1 Å². The van der Waals surface area contributed by atoms with Crippen molar-refractivity contribution in [3.63, 3.8) is 0 Å². The van der Waals surface area contributed by atoms with Crippen LogP contribution in [0.2, 0.25) is 0 Å². The van der Waals surface area contributed by atoms with Gasteiger partial charge in [-0.15, -0.1) is 0 Å². The molecule has 0 saturated heterocycles.